The molecule has 1 amide bonds. The van der Waals surface area contributed by atoms with Crippen LogP contribution in [-0.2, 0) is 11.3 Å². The molecule has 0 heterocycles. The van der Waals surface area contributed by atoms with Gasteiger partial charge in [-0.2, -0.15) is 0 Å². The molecule has 2 aromatic rings. The van der Waals surface area contributed by atoms with Crippen molar-refractivity contribution in [3.8, 4) is 0 Å². The van der Waals surface area contributed by atoms with Gasteiger partial charge in [-0.3, -0.25) is 4.79 Å². The summed E-state index contributed by atoms with van der Waals surface area (Å²) in [7, 11) is 0. The molecule has 0 aliphatic carbocycles. The quantitative estimate of drug-likeness (QED) is 0.776. The zero-order valence-electron chi connectivity index (χ0n) is 11.8. The van der Waals surface area contributed by atoms with Crippen LogP contribution in [0.4, 0.5) is 5.69 Å². The number of halogens is 1. The highest BCUT2D eigenvalue weighted by molar-refractivity contribution is 6.29. The fourth-order valence-corrected chi connectivity index (χ4v) is 2.26. The van der Waals surface area contributed by atoms with Gasteiger partial charge in [-0.15, -0.1) is 11.6 Å². The number of amides is 1. The Kier molecular flexibility index (Phi) is 4.80. The van der Waals surface area contributed by atoms with E-state index in [9.17, 15) is 4.79 Å². The van der Waals surface area contributed by atoms with Crippen LogP contribution in [0.2, 0.25) is 0 Å². The Balaban J connectivity index is 2.28. The number of hydrogen-bond donors (Lipinski definition) is 0. The standard InChI is InChI=1S/C17H18ClNO/c1-13-6-8-16(9-7-13)19(17(20)11-18)12-15-5-3-4-14(2)10-15/h3-10H,11-12H2,1-2H3. The Morgan fingerprint density at radius 2 is 1.75 bits per heavy atom. The molecular formula is C17H18ClNO. The summed E-state index contributed by atoms with van der Waals surface area (Å²) in [6.07, 6.45) is 0. The lowest BCUT2D eigenvalue weighted by Crippen LogP contribution is -2.31. The second-order valence-corrected chi connectivity index (χ2v) is 5.21. The molecule has 0 bridgehead atoms. The fourth-order valence-electron chi connectivity index (χ4n) is 2.11. The van der Waals surface area contributed by atoms with Gasteiger partial charge in [-0.1, -0.05) is 47.5 Å². The molecule has 0 aliphatic heterocycles. The van der Waals surface area contributed by atoms with Gasteiger partial charge in [0.25, 0.3) is 0 Å². The second-order valence-electron chi connectivity index (χ2n) is 4.94. The topological polar surface area (TPSA) is 20.3 Å². The van der Waals surface area contributed by atoms with Crippen LogP contribution in [0.1, 0.15) is 16.7 Å². The van der Waals surface area contributed by atoms with Crippen LogP contribution in [0.25, 0.3) is 0 Å². The number of hydrogen-bond acceptors (Lipinski definition) is 1. The fraction of sp³-hybridized carbons (Fsp3) is 0.235. The molecule has 0 unspecified atom stereocenters. The first-order valence-electron chi connectivity index (χ1n) is 6.58. The van der Waals surface area contributed by atoms with Gasteiger partial charge < -0.3 is 4.90 Å². The molecule has 3 heteroatoms. The normalized spacial score (nSPS) is 10.3. The third-order valence-electron chi connectivity index (χ3n) is 3.18. The first kappa shape index (κ1) is 14.6. The van der Waals surface area contributed by atoms with Crippen LogP contribution < -0.4 is 4.90 Å². The molecule has 0 radical (unpaired) electrons. The highest BCUT2D eigenvalue weighted by Crippen LogP contribution is 2.19. The summed E-state index contributed by atoms with van der Waals surface area (Å²) >= 11 is 5.73. The molecule has 0 saturated carbocycles. The van der Waals surface area contributed by atoms with Gasteiger partial charge in [0.05, 0.1) is 6.54 Å². The highest BCUT2D eigenvalue weighted by atomic mass is 35.5. The van der Waals surface area contributed by atoms with Crippen LogP contribution >= 0.6 is 11.6 Å². The lowest BCUT2D eigenvalue weighted by atomic mass is 10.1. The smallest absolute Gasteiger partial charge is 0.242 e. The van der Waals surface area contributed by atoms with Crippen molar-refractivity contribution in [1.82, 2.24) is 0 Å². The van der Waals surface area contributed by atoms with Crippen molar-refractivity contribution < 1.29 is 4.79 Å². The number of carbonyl (C=O) groups is 1. The van der Waals surface area contributed by atoms with Gasteiger partial charge in [-0.05, 0) is 31.5 Å². The monoisotopic (exact) mass is 287 g/mol. The SMILES string of the molecule is Cc1ccc(N(Cc2cccc(C)c2)C(=O)CCl)cc1. The summed E-state index contributed by atoms with van der Waals surface area (Å²) in [5, 5.41) is 0. The van der Waals surface area contributed by atoms with E-state index in [4.69, 9.17) is 11.6 Å². The Labute approximate surface area is 125 Å². The third kappa shape index (κ3) is 3.61. The lowest BCUT2D eigenvalue weighted by Gasteiger charge is -2.22. The first-order chi connectivity index (χ1) is 9.60. The zero-order chi connectivity index (χ0) is 14.5. The molecule has 0 aliphatic rings. The Hall–Kier alpha value is -1.80. The van der Waals surface area contributed by atoms with Crippen molar-refractivity contribution in [1.29, 1.82) is 0 Å². The minimum atomic E-state index is -0.0861. The molecular weight excluding hydrogens is 270 g/mol. The second kappa shape index (κ2) is 6.58. The van der Waals surface area contributed by atoms with E-state index in [1.54, 1.807) is 4.90 Å². The van der Waals surface area contributed by atoms with Crippen LogP contribution in [0.5, 0.6) is 0 Å². The molecule has 0 fully saturated rings. The summed E-state index contributed by atoms with van der Waals surface area (Å²) in [4.78, 5) is 13.8. The summed E-state index contributed by atoms with van der Waals surface area (Å²) in [6.45, 7) is 4.61. The van der Waals surface area contributed by atoms with E-state index in [2.05, 4.69) is 6.07 Å². The summed E-state index contributed by atoms with van der Waals surface area (Å²) in [5.41, 5.74) is 4.33. The predicted molar refractivity (Wildman–Crippen MR) is 84.3 cm³/mol. The van der Waals surface area contributed by atoms with Crippen LogP contribution in [0.3, 0.4) is 0 Å². The number of rotatable bonds is 4. The minimum absolute atomic E-state index is 0.0142. The van der Waals surface area contributed by atoms with E-state index in [-0.39, 0.29) is 11.8 Å². The van der Waals surface area contributed by atoms with Crippen molar-refractivity contribution in [2.45, 2.75) is 20.4 Å². The molecule has 2 nitrogen and oxygen atoms in total. The average molecular weight is 288 g/mol. The zero-order valence-corrected chi connectivity index (χ0v) is 12.5. The van der Waals surface area contributed by atoms with Crippen LogP contribution in [0.15, 0.2) is 48.5 Å². The van der Waals surface area contributed by atoms with Gasteiger partial charge in [0.15, 0.2) is 0 Å². The van der Waals surface area contributed by atoms with E-state index in [1.165, 1.54) is 11.1 Å². The number of alkyl halides is 1. The van der Waals surface area contributed by atoms with Gasteiger partial charge in [0.1, 0.15) is 5.88 Å². The minimum Gasteiger partial charge on any atom is -0.307 e. The van der Waals surface area contributed by atoms with Crippen molar-refractivity contribution >= 4 is 23.2 Å². The number of anilines is 1. The van der Waals surface area contributed by atoms with E-state index < -0.39 is 0 Å². The maximum Gasteiger partial charge on any atom is 0.242 e. The van der Waals surface area contributed by atoms with E-state index >= 15 is 0 Å². The van der Waals surface area contributed by atoms with Crippen molar-refractivity contribution in [2.24, 2.45) is 0 Å². The van der Waals surface area contributed by atoms with Crippen molar-refractivity contribution in [3.63, 3.8) is 0 Å². The van der Waals surface area contributed by atoms with Crippen LogP contribution in [0, 0.1) is 13.8 Å². The lowest BCUT2D eigenvalue weighted by molar-refractivity contribution is -0.116. The van der Waals surface area contributed by atoms with E-state index in [1.807, 2.05) is 56.3 Å². The van der Waals surface area contributed by atoms with Gasteiger partial charge in [0.2, 0.25) is 5.91 Å². The first-order valence-corrected chi connectivity index (χ1v) is 7.12. The maximum absolute atomic E-state index is 12.1. The summed E-state index contributed by atoms with van der Waals surface area (Å²) in [6, 6.07) is 16.1. The van der Waals surface area contributed by atoms with Crippen LogP contribution in [-0.4, -0.2) is 11.8 Å². The number of aryl methyl sites for hydroxylation is 2. The Bertz CT molecular complexity index is 592. The maximum atomic E-state index is 12.1. The van der Waals surface area contributed by atoms with E-state index in [0.29, 0.717) is 6.54 Å². The number of benzene rings is 2. The molecule has 0 atom stereocenters. The Morgan fingerprint density at radius 3 is 2.35 bits per heavy atom. The largest absolute Gasteiger partial charge is 0.307 e. The molecule has 2 rings (SSSR count). The van der Waals surface area contributed by atoms with Gasteiger partial charge >= 0.3 is 0 Å². The molecule has 104 valence electrons. The summed E-state index contributed by atoms with van der Waals surface area (Å²) < 4.78 is 0. The molecule has 0 aromatic heterocycles. The number of carbonyl (C=O) groups excluding carboxylic acids is 1. The summed E-state index contributed by atoms with van der Waals surface area (Å²) in [5.74, 6) is -0.100. The van der Waals surface area contributed by atoms with E-state index in [0.717, 1.165) is 11.3 Å². The molecule has 0 spiro atoms. The average Bonchev–Trinajstić information content (AvgIpc) is 2.45. The van der Waals surface area contributed by atoms with Gasteiger partial charge in [0, 0.05) is 5.69 Å². The Morgan fingerprint density at radius 1 is 1.05 bits per heavy atom. The number of nitrogens with zero attached hydrogens (tertiary/aromatic N) is 1. The predicted octanol–water partition coefficient (Wildman–Crippen LogP) is 4.08. The van der Waals surface area contributed by atoms with Crippen molar-refractivity contribution in [2.75, 3.05) is 10.8 Å². The van der Waals surface area contributed by atoms with Gasteiger partial charge in [-0.25, -0.2) is 0 Å². The molecule has 20 heavy (non-hydrogen) atoms. The molecule has 0 N–H and O–H groups in total. The third-order valence-corrected chi connectivity index (χ3v) is 3.41. The molecule has 0 saturated heterocycles. The highest BCUT2D eigenvalue weighted by Gasteiger charge is 2.15. The molecule has 2 aromatic carbocycles. The van der Waals surface area contributed by atoms with Crippen molar-refractivity contribution in [3.05, 3.63) is 65.2 Å².